The van der Waals surface area contributed by atoms with Crippen molar-refractivity contribution < 1.29 is 9.53 Å². The maximum absolute atomic E-state index is 13.3. The summed E-state index contributed by atoms with van der Waals surface area (Å²) in [5.74, 6) is 0.780. The highest BCUT2D eigenvalue weighted by Gasteiger charge is 2.33. The second-order valence-corrected chi connectivity index (χ2v) is 9.30. The number of aromatic amines is 1. The van der Waals surface area contributed by atoms with Crippen LogP contribution in [0.15, 0.2) is 54.4 Å². The van der Waals surface area contributed by atoms with Gasteiger partial charge in [-0.15, -0.1) is 11.3 Å². The zero-order valence-corrected chi connectivity index (χ0v) is 20.0. The number of imidazole rings is 2. The number of piperazine rings is 1. The quantitative estimate of drug-likeness (QED) is 0.392. The summed E-state index contributed by atoms with van der Waals surface area (Å²) < 4.78 is 7.31. The number of methoxy groups -OCH3 is 1. The standard InChI is InChI=1S/C24H24N8O2S/c1-34-13-16-11-30(24-21(27-15-35-24)22-28-17-5-2-3-6-18(17)29-22)9-10-32(16)20(33)12-31-14-26-19-7-4-8-25-23(19)31/h2-8,14-16H,9-13H2,1H3,(H,28,29)/t16-/m1/s1. The lowest BCUT2D eigenvalue weighted by molar-refractivity contribution is -0.135. The fourth-order valence-electron chi connectivity index (χ4n) is 4.64. The lowest BCUT2D eigenvalue weighted by atomic mass is 10.1. The minimum Gasteiger partial charge on any atom is -0.382 e. The van der Waals surface area contributed by atoms with E-state index < -0.39 is 0 Å². The summed E-state index contributed by atoms with van der Waals surface area (Å²) in [6.07, 6.45) is 3.39. The molecule has 1 saturated heterocycles. The van der Waals surface area contributed by atoms with Crippen LogP contribution >= 0.6 is 11.3 Å². The van der Waals surface area contributed by atoms with Crippen molar-refractivity contribution in [3.63, 3.8) is 0 Å². The topological polar surface area (TPSA) is 105 Å². The van der Waals surface area contributed by atoms with Crippen molar-refractivity contribution in [2.75, 3.05) is 38.3 Å². The molecule has 0 spiro atoms. The third-order valence-electron chi connectivity index (χ3n) is 6.29. The van der Waals surface area contributed by atoms with E-state index in [4.69, 9.17) is 9.72 Å². The molecule has 1 fully saturated rings. The zero-order valence-electron chi connectivity index (χ0n) is 19.2. The second kappa shape index (κ2) is 9.08. The highest BCUT2D eigenvalue weighted by molar-refractivity contribution is 7.14. The van der Waals surface area contributed by atoms with Crippen LogP contribution in [-0.4, -0.2) is 79.7 Å². The normalized spacial score (nSPS) is 16.4. The van der Waals surface area contributed by atoms with Crippen molar-refractivity contribution in [1.82, 2.24) is 34.4 Å². The van der Waals surface area contributed by atoms with Gasteiger partial charge in [0.15, 0.2) is 11.5 Å². The summed E-state index contributed by atoms with van der Waals surface area (Å²) >= 11 is 1.59. The first kappa shape index (κ1) is 21.7. The molecular formula is C24H24N8O2S. The Morgan fingerprint density at radius 2 is 2.03 bits per heavy atom. The van der Waals surface area contributed by atoms with Gasteiger partial charge in [0, 0.05) is 32.9 Å². The number of thiazole rings is 1. The minimum absolute atomic E-state index is 0.0264. The average molecular weight is 489 g/mol. The minimum atomic E-state index is -0.0883. The molecule has 0 saturated carbocycles. The van der Waals surface area contributed by atoms with Gasteiger partial charge in [0.05, 0.1) is 35.5 Å². The number of hydrogen-bond donors (Lipinski definition) is 1. The van der Waals surface area contributed by atoms with Crippen LogP contribution in [0.5, 0.6) is 0 Å². The van der Waals surface area contributed by atoms with E-state index in [0.29, 0.717) is 31.9 Å². The molecule has 0 radical (unpaired) electrons. The summed E-state index contributed by atoms with van der Waals surface area (Å²) in [6.45, 7) is 2.58. The number of anilines is 1. The second-order valence-electron chi connectivity index (χ2n) is 8.47. The Balaban J connectivity index is 1.22. The lowest BCUT2D eigenvalue weighted by Crippen LogP contribution is -2.57. The highest BCUT2D eigenvalue weighted by Crippen LogP contribution is 2.34. The van der Waals surface area contributed by atoms with Crippen LogP contribution in [0.3, 0.4) is 0 Å². The molecule has 10 nitrogen and oxygen atoms in total. The number of hydrogen-bond acceptors (Lipinski definition) is 8. The summed E-state index contributed by atoms with van der Waals surface area (Å²) in [4.78, 5) is 39.0. The number of carbonyl (C=O) groups is 1. The van der Waals surface area contributed by atoms with E-state index in [9.17, 15) is 4.79 Å². The third-order valence-corrected chi connectivity index (χ3v) is 7.18. The van der Waals surface area contributed by atoms with Crippen molar-refractivity contribution in [2.24, 2.45) is 0 Å². The first-order chi connectivity index (χ1) is 17.2. The summed E-state index contributed by atoms with van der Waals surface area (Å²) in [5.41, 5.74) is 6.06. The predicted molar refractivity (Wildman–Crippen MR) is 134 cm³/mol. The van der Waals surface area contributed by atoms with Crippen molar-refractivity contribution in [2.45, 2.75) is 12.6 Å². The number of pyridine rings is 1. The maximum atomic E-state index is 13.3. The molecular weight excluding hydrogens is 464 g/mol. The Kier molecular flexibility index (Phi) is 5.63. The fourth-order valence-corrected chi connectivity index (χ4v) is 5.48. The van der Waals surface area contributed by atoms with Gasteiger partial charge >= 0.3 is 0 Å². The number of nitrogens with zero attached hydrogens (tertiary/aromatic N) is 7. The van der Waals surface area contributed by atoms with Crippen LogP contribution in [0, 0.1) is 0 Å². The Morgan fingerprint density at radius 3 is 2.91 bits per heavy atom. The molecule has 35 heavy (non-hydrogen) atoms. The van der Waals surface area contributed by atoms with Gasteiger partial charge in [0.2, 0.25) is 5.91 Å². The molecule has 1 aliphatic heterocycles. The molecule has 5 aromatic rings. The number of rotatable bonds is 6. The Bertz CT molecular complexity index is 1460. The van der Waals surface area contributed by atoms with E-state index >= 15 is 0 Å². The highest BCUT2D eigenvalue weighted by atomic mass is 32.1. The van der Waals surface area contributed by atoms with E-state index in [0.717, 1.165) is 33.1 Å². The molecule has 6 rings (SSSR count). The van der Waals surface area contributed by atoms with E-state index in [-0.39, 0.29) is 18.5 Å². The van der Waals surface area contributed by atoms with Crippen LogP contribution in [0.1, 0.15) is 0 Å². The van der Waals surface area contributed by atoms with Crippen LogP contribution in [0.25, 0.3) is 33.7 Å². The van der Waals surface area contributed by atoms with Gasteiger partial charge < -0.3 is 24.1 Å². The Labute approximate surface area is 205 Å². The molecule has 4 aromatic heterocycles. The Hall–Kier alpha value is -3.83. The van der Waals surface area contributed by atoms with Gasteiger partial charge in [-0.2, -0.15) is 0 Å². The smallest absolute Gasteiger partial charge is 0.243 e. The van der Waals surface area contributed by atoms with Gasteiger partial charge in [-0.1, -0.05) is 12.1 Å². The van der Waals surface area contributed by atoms with E-state index in [1.165, 1.54) is 0 Å². The number of aromatic nitrogens is 6. The average Bonchev–Trinajstić information content (AvgIpc) is 3.62. The number of carbonyl (C=O) groups excluding carboxylic acids is 1. The van der Waals surface area contributed by atoms with Gasteiger partial charge in [0.25, 0.3) is 0 Å². The van der Waals surface area contributed by atoms with Gasteiger partial charge in [-0.25, -0.2) is 19.9 Å². The number of fused-ring (bicyclic) bond motifs is 2. The first-order valence-electron chi connectivity index (χ1n) is 11.4. The first-order valence-corrected chi connectivity index (χ1v) is 12.3. The largest absolute Gasteiger partial charge is 0.382 e. The van der Waals surface area contributed by atoms with Crippen LogP contribution in [0.4, 0.5) is 5.00 Å². The molecule has 1 N–H and O–H groups in total. The van der Waals surface area contributed by atoms with E-state index in [1.54, 1.807) is 35.5 Å². The van der Waals surface area contributed by atoms with Gasteiger partial charge in [-0.3, -0.25) is 4.79 Å². The number of amides is 1. The van der Waals surface area contributed by atoms with E-state index in [2.05, 4.69) is 24.8 Å². The number of benzene rings is 1. The van der Waals surface area contributed by atoms with Crippen LogP contribution in [-0.2, 0) is 16.1 Å². The molecule has 1 atom stereocenters. The van der Waals surface area contributed by atoms with Crippen molar-refractivity contribution in [3.8, 4) is 11.5 Å². The molecule has 0 unspecified atom stereocenters. The SMILES string of the molecule is COC[C@H]1CN(c2scnc2-c2nc3ccccc3[nH]2)CCN1C(=O)Cn1cnc2cccnc21. The molecule has 178 valence electrons. The molecule has 1 aromatic carbocycles. The number of nitrogens with one attached hydrogen (secondary N) is 1. The number of para-hydroxylation sites is 2. The lowest BCUT2D eigenvalue weighted by Gasteiger charge is -2.41. The molecule has 5 heterocycles. The molecule has 0 bridgehead atoms. The Morgan fingerprint density at radius 1 is 1.14 bits per heavy atom. The monoisotopic (exact) mass is 488 g/mol. The molecule has 1 amide bonds. The summed E-state index contributed by atoms with van der Waals surface area (Å²) in [6, 6.07) is 11.6. The van der Waals surface area contributed by atoms with Crippen molar-refractivity contribution >= 4 is 44.4 Å². The zero-order chi connectivity index (χ0) is 23.8. The fraction of sp³-hybridized carbons (Fsp3) is 0.292. The van der Waals surface area contributed by atoms with Crippen molar-refractivity contribution in [1.29, 1.82) is 0 Å². The third kappa shape index (κ3) is 4.02. The summed E-state index contributed by atoms with van der Waals surface area (Å²) in [5, 5.41) is 1.04. The van der Waals surface area contributed by atoms with Gasteiger partial charge in [0.1, 0.15) is 22.8 Å². The maximum Gasteiger partial charge on any atom is 0.243 e. The molecule has 1 aliphatic rings. The predicted octanol–water partition coefficient (Wildman–Crippen LogP) is 2.79. The van der Waals surface area contributed by atoms with E-state index in [1.807, 2.05) is 46.8 Å². The number of ether oxygens (including phenoxy) is 1. The van der Waals surface area contributed by atoms with Crippen LogP contribution < -0.4 is 4.90 Å². The molecule has 0 aliphatic carbocycles. The molecule has 11 heteroatoms. The van der Waals surface area contributed by atoms with Crippen molar-refractivity contribution in [3.05, 3.63) is 54.4 Å². The number of H-pyrrole nitrogens is 1. The summed E-state index contributed by atoms with van der Waals surface area (Å²) in [7, 11) is 1.67. The van der Waals surface area contributed by atoms with Gasteiger partial charge in [-0.05, 0) is 24.3 Å². The van der Waals surface area contributed by atoms with Crippen LogP contribution in [0.2, 0.25) is 0 Å².